The first-order valence-electron chi connectivity index (χ1n) is 8.04. The molecule has 6 heteroatoms. The zero-order valence-electron chi connectivity index (χ0n) is 12.7. The highest BCUT2D eigenvalue weighted by Crippen LogP contribution is 2.17. The molecule has 2 fully saturated rings. The molecule has 1 aromatic rings. The molecule has 2 aliphatic heterocycles. The molecule has 0 spiro atoms. The predicted molar refractivity (Wildman–Crippen MR) is 83.0 cm³/mol. The summed E-state index contributed by atoms with van der Waals surface area (Å²) >= 11 is 0. The van der Waals surface area contributed by atoms with Crippen molar-refractivity contribution in [1.82, 2.24) is 15.2 Å². The molecule has 1 aromatic heterocycles. The number of nitrogens with one attached hydrogen (secondary N) is 2. The van der Waals surface area contributed by atoms with E-state index in [4.69, 9.17) is 4.74 Å². The van der Waals surface area contributed by atoms with Gasteiger partial charge in [0.2, 0.25) is 5.56 Å². The number of pyridine rings is 1. The van der Waals surface area contributed by atoms with E-state index in [0.29, 0.717) is 11.7 Å². The predicted octanol–water partition coefficient (Wildman–Crippen LogP) is 0.748. The minimum absolute atomic E-state index is 0.117. The molecular weight excluding hydrogens is 282 g/mol. The van der Waals surface area contributed by atoms with Crippen LogP contribution in [0.5, 0.6) is 0 Å². The zero-order valence-corrected chi connectivity index (χ0v) is 12.7. The molecule has 6 nitrogen and oxygen atoms in total. The van der Waals surface area contributed by atoms with E-state index in [0.717, 1.165) is 39.1 Å². The summed E-state index contributed by atoms with van der Waals surface area (Å²) in [6.07, 6.45) is 6.12. The van der Waals surface area contributed by atoms with Crippen LogP contribution in [-0.4, -0.2) is 54.2 Å². The minimum Gasteiger partial charge on any atom is -0.377 e. The number of piperidine rings is 1. The van der Waals surface area contributed by atoms with Crippen LogP contribution in [0.25, 0.3) is 0 Å². The van der Waals surface area contributed by atoms with Gasteiger partial charge in [0.25, 0.3) is 5.91 Å². The van der Waals surface area contributed by atoms with E-state index in [9.17, 15) is 9.59 Å². The zero-order chi connectivity index (χ0) is 15.4. The van der Waals surface area contributed by atoms with Crippen molar-refractivity contribution in [3.05, 3.63) is 34.2 Å². The van der Waals surface area contributed by atoms with Crippen LogP contribution < -0.4 is 10.9 Å². The maximum atomic E-state index is 12.1. The second-order valence-corrected chi connectivity index (χ2v) is 6.12. The smallest absolute Gasteiger partial charge is 0.252 e. The van der Waals surface area contributed by atoms with Crippen LogP contribution in [0.1, 0.15) is 36.0 Å². The van der Waals surface area contributed by atoms with Crippen LogP contribution in [-0.2, 0) is 4.74 Å². The molecule has 0 saturated carbocycles. The number of aromatic amines is 1. The normalized spacial score (nSPS) is 23.5. The third kappa shape index (κ3) is 3.96. The average molecular weight is 305 g/mol. The summed E-state index contributed by atoms with van der Waals surface area (Å²) in [5.74, 6) is -0.117. The maximum Gasteiger partial charge on any atom is 0.252 e. The first-order valence-corrected chi connectivity index (χ1v) is 8.04. The number of hydrogen-bond acceptors (Lipinski definition) is 4. The van der Waals surface area contributed by atoms with E-state index in [1.54, 1.807) is 6.07 Å². The Morgan fingerprint density at radius 3 is 2.77 bits per heavy atom. The summed E-state index contributed by atoms with van der Waals surface area (Å²) in [6, 6.07) is 3.14. The molecule has 2 N–H and O–H groups in total. The number of rotatable bonds is 4. The van der Waals surface area contributed by atoms with Crippen LogP contribution in [0.3, 0.4) is 0 Å². The summed E-state index contributed by atoms with van der Waals surface area (Å²) < 4.78 is 5.67. The highest BCUT2D eigenvalue weighted by Gasteiger charge is 2.24. The summed E-state index contributed by atoms with van der Waals surface area (Å²) in [6.45, 7) is 3.91. The van der Waals surface area contributed by atoms with Gasteiger partial charge in [-0.2, -0.15) is 0 Å². The number of amides is 1. The van der Waals surface area contributed by atoms with Crippen molar-refractivity contribution in [2.75, 3.05) is 26.2 Å². The highest BCUT2D eigenvalue weighted by molar-refractivity contribution is 5.93. The quantitative estimate of drug-likeness (QED) is 0.861. The van der Waals surface area contributed by atoms with E-state index < -0.39 is 0 Å². The topological polar surface area (TPSA) is 74.4 Å². The number of carbonyl (C=O) groups is 1. The molecular formula is C16H23N3O3. The van der Waals surface area contributed by atoms with Crippen molar-refractivity contribution in [2.24, 2.45) is 0 Å². The SMILES string of the molecule is O=C(NC1CCN(C[C@@H]2CCCO2)CC1)c1ccc(=O)[nH]c1. The first kappa shape index (κ1) is 15.2. The first-order chi connectivity index (χ1) is 10.7. The van der Waals surface area contributed by atoms with Crippen LogP contribution >= 0.6 is 0 Å². The van der Waals surface area contributed by atoms with Gasteiger partial charge in [-0.15, -0.1) is 0 Å². The highest BCUT2D eigenvalue weighted by atomic mass is 16.5. The van der Waals surface area contributed by atoms with Gasteiger partial charge < -0.3 is 19.9 Å². The second kappa shape index (κ2) is 7.07. The molecule has 22 heavy (non-hydrogen) atoms. The Morgan fingerprint density at radius 1 is 1.32 bits per heavy atom. The van der Waals surface area contributed by atoms with Crippen molar-refractivity contribution in [1.29, 1.82) is 0 Å². The van der Waals surface area contributed by atoms with Gasteiger partial charge in [-0.1, -0.05) is 0 Å². The average Bonchev–Trinajstić information content (AvgIpc) is 3.03. The Hall–Kier alpha value is -1.66. The van der Waals surface area contributed by atoms with Crippen LogP contribution in [0.15, 0.2) is 23.1 Å². The standard InChI is InChI=1S/C16H23N3O3/c20-15-4-3-12(10-17-15)16(21)18-13-5-7-19(8-6-13)11-14-2-1-9-22-14/h3-4,10,13-14H,1-2,5-9,11H2,(H,17,20)(H,18,21)/t14-/m0/s1. The number of nitrogens with zero attached hydrogens (tertiary/aromatic N) is 1. The molecule has 2 aliphatic rings. The molecule has 0 aliphatic carbocycles. The molecule has 3 rings (SSSR count). The lowest BCUT2D eigenvalue weighted by Gasteiger charge is -2.33. The van der Waals surface area contributed by atoms with Crippen molar-refractivity contribution < 1.29 is 9.53 Å². The lowest BCUT2D eigenvalue weighted by molar-refractivity contribution is 0.0613. The Labute approximate surface area is 129 Å². The Morgan fingerprint density at radius 2 is 2.14 bits per heavy atom. The number of hydrogen-bond donors (Lipinski definition) is 2. The summed E-state index contributed by atoms with van der Waals surface area (Å²) in [7, 11) is 0. The van der Waals surface area contributed by atoms with Crippen molar-refractivity contribution >= 4 is 5.91 Å². The van der Waals surface area contributed by atoms with Crippen molar-refractivity contribution in [2.45, 2.75) is 37.8 Å². The monoisotopic (exact) mass is 305 g/mol. The van der Waals surface area contributed by atoms with E-state index in [-0.39, 0.29) is 17.5 Å². The van der Waals surface area contributed by atoms with Gasteiger partial charge in [0.15, 0.2) is 0 Å². The molecule has 1 amide bonds. The van der Waals surface area contributed by atoms with Crippen molar-refractivity contribution in [3.63, 3.8) is 0 Å². The van der Waals surface area contributed by atoms with Crippen molar-refractivity contribution in [3.8, 4) is 0 Å². The summed E-state index contributed by atoms with van der Waals surface area (Å²) in [5.41, 5.74) is 0.306. The lowest BCUT2D eigenvalue weighted by Crippen LogP contribution is -2.46. The fraction of sp³-hybridized carbons (Fsp3) is 0.625. The van der Waals surface area contributed by atoms with E-state index >= 15 is 0 Å². The number of aromatic nitrogens is 1. The largest absolute Gasteiger partial charge is 0.377 e. The van der Waals surface area contributed by atoms with Gasteiger partial charge in [0, 0.05) is 44.5 Å². The Balaban J connectivity index is 1.44. The molecule has 2 saturated heterocycles. The lowest BCUT2D eigenvalue weighted by atomic mass is 10.0. The van der Waals surface area contributed by atoms with Crippen LogP contribution in [0.4, 0.5) is 0 Å². The molecule has 120 valence electrons. The molecule has 0 aromatic carbocycles. The van der Waals surface area contributed by atoms with Gasteiger partial charge in [0.05, 0.1) is 11.7 Å². The number of carbonyl (C=O) groups excluding carboxylic acids is 1. The third-order valence-corrected chi connectivity index (χ3v) is 4.46. The Kier molecular flexibility index (Phi) is 4.90. The van der Waals surface area contributed by atoms with Gasteiger partial charge >= 0.3 is 0 Å². The second-order valence-electron chi connectivity index (χ2n) is 6.12. The summed E-state index contributed by atoms with van der Waals surface area (Å²) in [5, 5.41) is 3.05. The molecule has 0 bridgehead atoms. The fourth-order valence-corrected chi connectivity index (χ4v) is 3.16. The molecule has 3 heterocycles. The number of H-pyrrole nitrogens is 1. The minimum atomic E-state index is -0.195. The number of ether oxygens (including phenoxy) is 1. The van der Waals surface area contributed by atoms with E-state index in [1.807, 2.05) is 0 Å². The van der Waals surface area contributed by atoms with Crippen LogP contribution in [0.2, 0.25) is 0 Å². The Bertz CT molecular complexity index is 538. The number of likely N-dealkylation sites (tertiary alicyclic amines) is 1. The van der Waals surface area contributed by atoms with E-state index in [2.05, 4.69) is 15.2 Å². The summed E-state index contributed by atoms with van der Waals surface area (Å²) in [4.78, 5) is 28.1. The van der Waals surface area contributed by atoms with Gasteiger partial charge in [-0.25, -0.2) is 0 Å². The maximum absolute atomic E-state index is 12.1. The molecule has 1 atom stereocenters. The van der Waals surface area contributed by atoms with Crippen LogP contribution in [0, 0.1) is 0 Å². The third-order valence-electron chi connectivity index (χ3n) is 4.46. The van der Waals surface area contributed by atoms with E-state index in [1.165, 1.54) is 25.1 Å². The molecule has 0 radical (unpaired) electrons. The van der Waals surface area contributed by atoms with Gasteiger partial charge in [0.1, 0.15) is 0 Å². The fourth-order valence-electron chi connectivity index (χ4n) is 3.16. The molecule has 0 unspecified atom stereocenters. The van der Waals surface area contributed by atoms with Gasteiger partial charge in [-0.05, 0) is 31.7 Å². The van der Waals surface area contributed by atoms with Gasteiger partial charge in [-0.3, -0.25) is 9.59 Å².